The molecule has 1 N–H and O–H groups in total. The molecule has 4 heteroatoms. The van der Waals surface area contributed by atoms with Gasteiger partial charge in [0.05, 0.1) is 5.69 Å². The molecule has 19 heavy (non-hydrogen) atoms. The molecular formula is C15H19N3S. The van der Waals surface area contributed by atoms with E-state index in [4.69, 9.17) is 12.2 Å². The van der Waals surface area contributed by atoms with Crippen LogP contribution in [0.5, 0.6) is 0 Å². The minimum absolute atomic E-state index is 0.561. The number of hydrogen-bond donors (Lipinski definition) is 1. The highest BCUT2D eigenvalue weighted by Gasteiger charge is 2.31. The lowest BCUT2D eigenvalue weighted by Crippen LogP contribution is -2.42. The third kappa shape index (κ3) is 2.40. The number of piperidine rings is 1. The quantitative estimate of drug-likeness (QED) is 0.794. The molecule has 1 saturated heterocycles. The van der Waals surface area contributed by atoms with Crippen molar-refractivity contribution in [2.75, 3.05) is 18.0 Å². The number of nitrogens with one attached hydrogen (secondary N) is 1. The Balaban J connectivity index is 1.86. The van der Waals surface area contributed by atoms with Gasteiger partial charge in [0.25, 0.3) is 0 Å². The summed E-state index contributed by atoms with van der Waals surface area (Å²) in [5, 5.41) is 9.30. The molecule has 1 aromatic rings. The van der Waals surface area contributed by atoms with E-state index in [1.54, 1.807) is 0 Å². The Hall–Kier alpha value is -1.34. The molecule has 3 nitrogen and oxygen atoms in total. The fourth-order valence-corrected chi connectivity index (χ4v) is 3.88. The SMILES string of the molecule is N#Cc1c(N2CC[C@H]3CCCC[C@H]3C2)cc[nH]c1=S. The maximum Gasteiger partial charge on any atom is 0.123 e. The van der Waals surface area contributed by atoms with Crippen molar-refractivity contribution in [2.24, 2.45) is 11.8 Å². The van der Waals surface area contributed by atoms with Crippen LogP contribution in [0.2, 0.25) is 0 Å². The van der Waals surface area contributed by atoms with Crippen LogP contribution in [-0.2, 0) is 0 Å². The molecule has 1 aliphatic heterocycles. The molecule has 2 heterocycles. The number of nitrogens with zero attached hydrogens (tertiary/aromatic N) is 2. The van der Waals surface area contributed by atoms with Crippen LogP contribution < -0.4 is 4.90 Å². The molecule has 100 valence electrons. The second-order valence-corrected chi connectivity index (χ2v) is 6.13. The fourth-order valence-electron chi connectivity index (χ4n) is 3.66. The summed E-state index contributed by atoms with van der Waals surface area (Å²) in [6.07, 6.45) is 8.64. The average Bonchev–Trinajstić information content (AvgIpc) is 2.46. The van der Waals surface area contributed by atoms with Crippen LogP contribution in [0.25, 0.3) is 0 Å². The highest BCUT2D eigenvalue weighted by molar-refractivity contribution is 7.71. The van der Waals surface area contributed by atoms with Gasteiger partial charge in [0.2, 0.25) is 0 Å². The summed E-state index contributed by atoms with van der Waals surface area (Å²) in [4.78, 5) is 5.32. The fraction of sp³-hybridized carbons (Fsp3) is 0.600. The number of fused-ring (bicyclic) bond motifs is 1. The molecule has 0 radical (unpaired) electrons. The zero-order chi connectivity index (χ0) is 13.2. The molecule has 0 bridgehead atoms. The Kier molecular flexibility index (Phi) is 3.56. The van der Waals surface area contributed by atoms with E-state index in [2.05, 4.69) is 16.0 Å². The van der Waals surface area contributed by atoms with E-state index in [-0.39, 0.29) is 0 Å². The number of pyridine rings is 1. The predicted octanol–water partition coefficient (Wildman–Crippen LogP) is 3.63. The monoisotopic (exact) mass is 273 g/mol. The maximum atomic E-state index is 9.30. The zero-order valence-electron chi connectivity index (χ0n) is 11.1. The molecule has 2 fully saturated rings. The molecule has 0 amide bonds. The molecule has 1 aliphatic carbocycles. The van der Waals surface area contributed by atoms with E-state index in [1.807, 2.05) is 12.3 Å². The minimum Gasteiger partial charge on any atom is -0.370 e. The first kappa shape index (κ1) is 12.7. The Bertz CT molecular complexity index is 557. The van der Waals surface area contributed by atoms with Crippen molar-refractivity contribution in [2.45, 2.75) is 32.1 Å². The number of H-pyrrole nitrogens is 1. The lowest BCUT2D eigenvalue weighted by atomic mass is 9.75. The van der Waals surface area contributed by atoms with Gasteiger partial charge in [0.1, 0.15) is 16.3 Å². The number of aromatic amines is 1. The topological polar surface area (TPSA) is 42.8 Å². The van der Waals surface area contributed by atoms with Gasteiger partial charge in [-0.15, -0.1) is 0 Å². The van der Waals surface area contributed by atoms with E-state index >= 15 is 0 Å². The summed E-state index contributed by atoms with van der Waals surface area (Å²) in [6, 6.07) is 4.25. The van der Waals surface area contributed by atoms with Crippen molar-refractivity contribution in [1.82, 2.24) is 4.98 Å². The van der Waals surface area contributed by atoms with E-state index in [0.717, 1.165) is 30.6 Å². The van der Waals surface area contributed by atoms with Crippen molar-refractivity contribution < 1.29 is 0 Å². The van der Waals surface area contributed by atoms with Gasteiger partial charge in [-0.05, 0) is 30.7 Å². The van der Waals surface area contributed by atoms with Crippen molar-refractivity contribution in [3.05, 3.63) is 22.5 Å². The van der Waals surface area contributed by atoms with Crippen molar-refractivity contribution in [3.8, 4) is 6.07 Å². The van der Waals surface area contributed by atoms with Crippen LogP contribution in [-0.4, -0.2) is 18.1 Å². The summed E-state index contributed by atoms with van der Waals surface area (Å²) >= 11 is 5.22. The Morgan fingerprint density at radius 2 is 2.05 bits per heavy atom. The van der Waals surface area contributed by atoms with Gasteiger partial charge in [-0.2, -0.15) is 5.26 Å². The minimum atomic E-state index is 0.561. The summed E-state index contributed by atoms with van der Waals surface area (Å²) in [5.74, 6) is 1.72. The lowest BCUT2D eigenvalue weighted by molar-refractivity contribution is 0.202. The maximum absolute atomic E-state index is 9.30. The van der Waals surface area contributed by atoms with Gasteiger partial charge >= 0.3 is 0 Å². The molecule has 1 saturated carbocycles. The highest BCUT2D eigenvalue weighted by Crippen LogP contribution is 2.38. The van der Waals surface area contributed by atoms with E-state index in [1.165, 1.54) is 32.1 Å². The number of nitriles is 1. The summed E-state index contributed by atoms with van der Waals surface area (Å²) in [6.45, 7) is 2.16. The van der Waals surface area contributed by atoms with Crippen LogP contribution in [0.15, 0.2) is 12.3 Å². The molecule has 0 spiro atoms. The smallest absolute Gasteiger partial charge is 0.123 e. The molecule has 0 aromatic carbocycles. The summed E-state index contributed by atoms with van der Waals surface area (Å²) < 4.78 is 0.561. The normalized spacial score (nSPS) is 26.6. The molecule has 1 aromatic heterocycles. The van der Waals surface area contributed by atoms with Gasteiger partial charge in [-0.25, -0.2) is 0 Å². The summed E-state index contributed by atoms with van der Waals surface area (Å²) in [5.41, 5.74) is 1.65. The summed E-state index contributed by atoms with van der Waals surface area (Å²) in [7, 11) is 0. The van der Waals surface area contributed by atoms with E-state index < -0.39 is 0 Å². The zero-order valence-corrected chi connectivity index (χ0v) is 11.9. The van der Waals surface area contributed by atoms with Crippen molar-refractivity contribution in [3.63, 3.8) is 0 Å². The highest BCUT2D eigenvalue weighted by atomic mass is 32.1. The Morgan fingerprint density at radius 3 is 2.84 bits per heavy atom. The number of aromatic nitrogens is 1. The van der Waals surface area contributed by atoms with Crippen LogP contribution >= 0.6 is 12.2 Å². The molecule has 2 atom stereocenters. The van der Waals surface area contributed by atoms with Crippen molar-refractivity contribution in [1.29, 1.82) is 5.26 Å². The van der Waals surface area contributed by atoms with Crippen LogP contribution in [0, 0.1) is 27.8 Å². The van der Waals surface area contributed by atoms with Gasteiger partial charge < -0.3 is 9.88 Å². The first-order valence-electron chi connectivity index (χ1n) is 7.16. The second kappa shape index (κ2) is 5.34. The van der Waals surface area contributed by atoms with Gasteiger partial charge in [0.15, 0.2) is 0 Å². The van der Waals surface area contributed by atoms with Crippen LogP contribution in [0.3, 0.4) is 0 Å². The number of hydrogen-bond acceptors (Lipinski definition) is 3. The molecular weight excluding hydrogens is 254 g/mol. The lowest BCUT2D eigenvalue weighted by Gasteiger charge is -2.42. The number of anilines is 1. The van der Waals surface area contributed by atoms with Gasteiger partial charge in [-0.3, -0.25) is 0 Å². The average molecular weight is 273 g/mol. The van der Waals surface area contributed by atoms with Crippen molar-refractivity contribution >= 4 is 17.9 Å². The van der Waals surface area contributed by atoms with Gasteiger partial charge in [0, 0.05) is 19.3 Å². The largest absolute Gasteiger partial charge is 0.370 e. The Morgan fingerprint density at radius 1 is 1.26 bits per heavy atom. The molecule has 0 unspecified atom stereocenters. The van der Waals surface area contributed by atoms with Gasteiger partial charge in [-0.1, -0.05) is 31.5 Å². The predicted molar refractivity (Wildman–Crippen MR) is 78.6 cm³/mol. The Labute approximate surface area is 119 Å². The van der Waals surface area contributed by atoms with Crippen LogP contribution in [0.1, 0.15) is 37.7 Å². The number of rotatable bonds is 1. The molecule has 2 aliphatic rings. The molecule has 3 rings (SSSR count). The second-order valence-electron chi connectivity index (χ2n) is 5.72. The van der Waals surface area contributed by atoms with Crippen LogP contribution in [0.4, 0.5) is 5.69 Å². The third-order valence-corrected chi connectivity index (χ3v) is 5.00. The first-order valence-corrected chi connectivity index (χ1v) is 7.57. The third-order valence-electron chi connectivity index (χ3n) is 4.68. The van der Waals surface area contributed by atoms with E-state index in [0.29, 0.717) is 10.2 Å². The standard InChI is InChI=1S/C15H19N3S/c16-9-13-14(5-7-17-15(13)19)18-8-6-11-3-1-2-4-12(11)10-18/h5,7,11-12H,1-4,6,8,10H2,(H,17,19)/t11-,12+/m1/s1. The first-order chi connectivity index (χ1) is 9.29. The van der Waals surface area contributed by atoms with E-state index in [9.17, 15) is 5.26 Å².